The molecule has 14 heavy (non-hydrogen) atoms. The molecule has 0 aliphatic rings. The first-order valence-electron chi connectivity index (χ1n) is 3.98. The summed E-state index contributed by atoms with van der Waals surface area (Å²) in [5.41, 5.74) is 0. The van der Waals surface area contributed by atoms with Gasteiger partial charge in [0, 0.05) is 12.4 Å². The van der Waals surface area contributed by atoms with Crippen LogP contribution in [-0.2, 0) is 6.54 Å². The van der Waals surface area contributed by atoms with Gasteiger partial charge in [-0.25, -0.2) is 9.97 Å². The highest BCUT2D eigenvalue weighted by molar-refractivity contribution is 5.90. The van der Waals surface area contributed by atoms with Gasteiger partial charge in [0.05, 0.1) is 6.54 Å². The Morgan fingerprint density at radius 3 is 3.07 bits per heavy atom. The predicted octanol–water partition coefficient (Wildman–Crippen LogP) is -0.542. The number of carbonyl (C=O) groups is 1. The Morgan fingerprint density at radius 1 is 1.50 bits per heavy atom. The molecule has 0 atom stereocenters. The van der Waals surface area contributed by atoms with Crippen LogP contribution < -0.4 is 5.32 Å². The third-order valence-corrected chi connectivity index (χ3v) is 1.60. The summed E-state index contributed by atoms with van der Waals surface area (Å²) in [6.07, 6.45) is 4.59. The number of nitrogens with zero attached hydrogens (tertiary/aromatic N) is 3. The van der Waals surface area contributed by atoms with Crippen molar-refractivity contribution in [3.63, 3.8) is 0 Å². The molecule has 1 amide bonds. The second kappa shape index (κ2) is 3.69. The van der Waals surface area contributed by atoms with E-state index >= 15 is 0 Å². The molecular formula is C7H8N6O. The van der Waals surface area contributed by atoms with Crippen molar-refractivity contribution in [1.29, 1.82) is 0 Å². The topological polar surface area (TPSA) is 99.3 Å². The maximum Gasteiger partial charge on any atom is 0.288 e. The van der Waals surface area contributed by atoms with Crippen LogP contribution in [0.2, 0.25) is 0 Å². The van der Waals surface area contributed by atoms with Crippen LogP contribution in [0.4, 0.5) is 0 Å². The van der Waals surface area contributed by atoms with Crippen LogP contribution in [-0.4, -0.2) is 31.1 Å². The molecule has 0 aromatic carbocycles. The van der Waals surface area contributed by atoms with Crippen LogP contribution in [0.1, 0.15) is 16.4 Å². The number of nitrogens with one attached hydrogen (secondary N) is 3. The number of aromatic amines is 2. The van der Waals surface area contributed by atoms with Crippen LogP contribution in [0.5, 0.6) is 0 Å². The number of hydrogen-bond donors (Lipinski definition) is 3. The molecule has 2 heterocycles. The molecule has 0 spiro atoms. The van der Waals surface area contributed by atoms with Crippen molar-refractivity contribution >= 4 is 5.91 Å². The quantitative estimate of drug-likeness (QED) is 0.608. The molecule has 2 rings (SSSR count). The first kappa shape index (κ1) is 8.42. The minimum atomic E-state index is -0.307. The van der Waals surface area contributed by atoms with E-state index in [2.05, 4.69) is 30.5 Å². The minimum absolute atomic E-state index is 0.191. The summed E-state index contributed by atoms with van der Waals surface area (Å²) in [6, 6.07) is 0. The molecule has 7 heteroatoms. The van der Waals surface area contributed by atoms with E-state index in [-0.39, 0.29) is 11.7 Å². The molecule has 0 bridgehead atoms. The summed E-state index contributed by atoms with van der Waals surface area (Å²) in [6.45, 7) is 0.340. The molecule has 2 aromatic heterocycles. The molecule has 0 radical (unpaired) electrons. The number of hydrogen-bond acceptors (Lipinski definition) is 4. The first-order valence-corrected chi connectivity index (χ1v) is 3.98. The van der Waals surface area contributed by atoms with E-state index in [9.17, 15) is 4.79 Å². The Kier molecular flexibility index (Phi) is 2.22. The molecule has 0 fully saturated rings. The van der Waals surface area contributed by atoms with Crippen LogP contribution in [0.3, 0.4) is 0 Å². The Balaban J connectivity index is 1.90. The second-order valence-electron chi connectivity index (χ2n) is 2.55. The summed E-state index contributed by atoms with van der Waals surface area (Å²) < 4.78 is 0. The van der Waals surface area contributed by atoms with Gasteiger partial charge in [-0.3, -0.25) is 9.89 Å². The predicted molar refractivity (Wildman–Crippen MR) is 46.1 cm³/mol. The smallest absolute Gasteiger partial charge is 0.288 e. The monoisotopic (exact) mass is 192 g/mol. The van der Waals surface area contributed by atoms with Crippen molar-refractivity contribution in [3.8, 4) is 0 Å². The number of aromatic nitrogens is 5. The molecule has 0 aliphatic heterocycles. The lowest BCUT2D eigenvalue weighted by Crippen LogP contribution is -2.24. The molecule has 2 aromatic rings. The summed E-state index contributed by atoms with van der Waals surface area (Å²) in [5, 5.41) is 8.65. The summed E-state index contributed by atoms with van der Waals surface area (Å²) in [4.78, 5) is 21.8. The molecule has 3 N–H and O–H groups in total. The molecule has 0 unspecified atom stereocenters. The highest BCUT2D eigenvalue weighted by Gasteiger charge is 2.07. The number of carbonyl (C=O) groups excluding carboxylic acids is 1. The fourth-order valence-corrected chi connectivity index (χ4v) is 0.957. The summed E-state index contributed by atoms with van der Waals surface area (Å²) in [5.74, 6) is 0.577. The first-order chi connectivity index (χ1) is 6.86. The van der Waals surface area contributed by atoms with E-state index in [0.717, 1.165) is 0 Å². The lowest BCUT2D eigenvalue weighted by molar-refractivity contribution is 0.0940. The van der Waals surface area contributed by atoms with Gasteiger partial charge in [-0.1, -0.05) is 0 Å². The van der Waals surface area contributed by atoms with E-state index in [1.807, 2.05) is 0 Å². The molecule has 0 aliphatic carbocycles. The van der Waals surface area contributed by atoms with Crippen molar-refractivity contribution in [2.24, 2.45) is 0 Å². The van der Waals surface area contributed by atoms with Gasteiger partial charge in [-0.15, -0.1) is 0 Å². The van der Waals surface area contributed by atoms with Gasteiger partial charge in [0.25, 0.3) is 5.91 Å². The number of H-pyrrole nitrogens is 2. The Labute approximate surface area is 79.0 Å². The molecule has 0 saturated heterocycles. The average Bonchev–Trinajstić information content (AvgIpc) is 2.87. The highest BCUT2D eigenvalue weighted by Crippen LogP contribution is 1.89. The third kappa shape index (κ3) is 1.76. The fraction of sp³-hybridized carbons (Fsp3) is 0.143. The van der Waals surface area contributed by atoms with Crippen molar-refractivity contribution < 1.29 is 4.79 Å². The van der Waals surface area contributed by atoms with Gasteiger partial charge < -0.3 is 10.3 Å². The third-order valence-electron chi connectivity index (χ3n) is 1.60. The van der Waals surface area contributed by atoms with E-state index in [1.54, 1.807) is 12.4 Å². The lowest BCUT2D eigenvalue weighted by atomic mass is 10.5. The van der Waals surface area contributed by atoms with Gasteiger partial charge >= 0.3 is 0 Å². The standard InChI is InChI=1S/C7H8N6O/c14-7(6-11-4-12-13-6)10-3-5-8-1-2-9-5/h1-2,4H,3H2,(H,8,9)(H,10,14)(H,11,12,13). The molecular weight excluding hydrogens is 184 g/mol. The average molecular weight is 192 g/mol. The maximum absolute atomic E-state index is 11.3. The van der Waals surface area contributed by atoms with Crippen LogP contribution in [0, 0.1) is 0 Å². The number of amides is 1. The Hall–Kier alpha value is -2.18. The number of rotatable bonds is 3. The summed E-state index contributed by atoms with van der Waals surface area (Å²) in [7, 11) is 0. The van der Waals surface area contributed by atoms with E-state index in [0.29, 0.717) is 12.4 Å². The van der Waals surface area contributed by atoms with E-state index in [1.165, 1.54) is 6.33 Å². The Morgan fingerprint density at radius 2 is 2.43 bits per heavy atom. The normalized spacial score (nSPS) is 10.0. The number of imidazole rings is 1. The van der Waals surface area contributed by atoms with Crippen molar-refractivity contribution in [2.45, 2.75) is 6.54 Å². The Bertz CT molecular complexity index is 392. The van der Waals surface area contributed by atoms with Gasteiger partial charge in [-0.05, 0) is 0 Å². The van der Waals surface area contributed by atoms with Crippen LogP contribution in [0.25, 0.3) is 0 Å². The van der Waals surface area contributed by atoms with E-state index in [4.69, 9.17) is 0 Å². The largest absolute Gasteiger partial charge is 0.347 e. The zero-order valence-corrected chi connectivity index (χ0v) is 7.19. The second-order valence-corrected chi connectivity index (χ2v) is 2.55. The SMILES string of the molecule is O=C(NCc1ncc[nH]1)c1ncn[nH]1. The molecule has 0 saturated carbocycles. The van der Waals surface area contributed by atoms with Crippen LogP contribution >= 0.6 is 0 Å². The van der Waals surface area contributed by atoms with E-state index < -0.39 is 0 Å². The van der Waals surface area contributed by atoms with Gasteiger partial charge in [0.15, 0.2) is 0 Å². The van der Waals surface area contributed by atoms with Crippen LogP contribution in [0.15, 0.2) is 18.7 Å². The van der Waals surface area contributed by atoms with Crippen molar-refractivity contribution in [3.05, 3.63) is 30.4 Å². The zero-order chi connectivity index (χ0) is 9.80. The molecule has 72 valence electrons. The van der Waals surface area contributed by atoms with Gasteiger partial charge in [0.1, 0.15) is 12.2 Å². The van der Waals surface area contributed by atoms with Crippen molar-refractivity contribution in [2.75, 3.05) is 0 Å². The molecule has 7 nitrogen and oxygen atoms in total. The lowest BCUT2D eigenvalue weighted by Gasteiger charge is -1.98. The summed E-state index contributed by atoms with van der Waals surface area (Å²) >= 11 is 0. The van der Waals surface area contributed by atoms with Gasteiger partial charge in [0.2, 0.25) is 5.82 Å². The maximum atomic E-state index is 11.3. The van der Waals surface area contributed by atoms with Crippen molar-refractivity contribution in [1.82, 2.24) is 30.5 Å². The minimum Gasteiger partial charge on any atom is -0.347 e. The van der Waals surface area contributed by atoms with Gasteiger partial charge in [-0.2, -0.15) is 5.10 Å². The zero-order valence-electron chi connectivity index (χ0n) is 7.19. The fourth-order valence-electron chi connectivity index (χ4n) is 0.957. The highest BCUT2D eigenvalue weighted by atomic mass is 16.2.